The Morgan fingerprint density at radius 1 is 1.50 bits per heavy atom. The lowest BCUT2D eigenvalue weighted by atomic mass is 9.74. The molecule has 0 bridgehead atoms. The fourth-order valence-electron chi connectivity index (χ4n) is 2.96. The number of rotatable bonds is 6. The molecule has 0 heterocycles. The van der Waals surface area contributed by atoms with Crippen molar-refractivity contribution in [3.63, 3.8) is 0 Å². The van der Waals surface area contributed by atoms with E-state index in [-0.39, 0.29) is 5.54 Å². The van der Waals surface area contributed by atoms with Gasteiger partial charge in [-0.1, -0.05) is 26.2 Å². The van der Waals surface area contributed by atoms with E-state index < -0.39 is 0 Å². The minimum absolute atomic E-state index is 0.234. The van der Waals surface area contributed by atoms with Crippen molar-refractivity contribution >= 4 is 0 Å². The van der Waals surface area contributed by atoms with E-state index in [0.29, 0.717) is 0 Å². The van der Waals surface area contributed by atoms with Crippen LogP contribution >= 0.6 is 0 Å². The van der Waals surface area contributed by atoms with Crippen molar-refractivity contribution < 1.29 is 4.74 Å². The predicted molar refractivity (Wildman–Crippen MR) is 68.5 cm³/mol. The Morgan fingerprint density at radius 3 is 2.81 bits per heavy atom. The van der Waals surface area contributed by atoms with Crippen LogP contribution in [0.15, 0.2) is 0 Å². The molecule has 2 unspecified atom stereocenters. The van der Waals surface area contributed by atoms with Gasteiger partial charge in [-0.25, -0.2) is 0 Å². The van der Waals surface area contributed by atoms with Gasteiger partial charge >= 0.3 is 0 Å². The van der Waals surface area contributed by atoms with Crippen molar-refractivity contribution in [2.24, 2.45) is 11.7 Å². The molecule has 0 spiro atoms. The quantitative estimate of drug-likeness (QED) is 0.754. The van der Waals surface area contributed by atoms with Gasteiger partial charge in [0.25, 0.3) is 0 Å². The highest BCUT2D eigenvalue weighted by Crippen LogP contribution is 2.36. The fourth-order valence-corrected chi connectivity index (χ4v) is 2.96. The molecule has 0 aromatic rings. The Hall–Kier alpha value is -0.120. The lowest BCUT2D eigenvalue weighted by Crippen LogP contribution is -2.55. The van der Waals surface area contributed by atoms with Gasteiger partial charge in [0.15, 0.2) is 0 Å². The SMILES string of the molecule is CCC1CCCC(CN)(N(C)CCOC)C1. The molecule has 0 radical (unpaired) electrons. The number of ether oxygens (including phenoxy) is 1. The molecule has 1 rings (SSSR count). The number of hydrogen-bond donors (Lipinski definition) is 1. The standard InChI is InChI=1S/C13H28N2O/c1-4-12-6-5-7-13(10-12,11-14)15(2)8-9-16-3/h12H,4-11,14H2,1-3H3. The minimum atomic E-state index is 0.234. The van der Waals surface area contributed by atoms with Crippen molar-refractivity contribution in [3.8, 4) is 0 Å². The van der Waals surface area contributed by atoms with E-state index in [4.69, 9.17) is 10.5 Å². The summed E-state index contributed by atoms with van der Waals surface area (Å²) in [6.45, 7) is 4.87. The van der Waals surface area contributed by atoms with E-state index in [1.54, 1.807) is 7.11 Å². The van der Waals surface area contributed by atoms with E-state index in [0.717, 1.165) is 25.6 Å². The highest BCUT2D eigenvalue weighted by Gasteiger charge is 2.37. The minimum Gasteiger partial charge on any atom is -0.383 e. The molecule has 96 valence electrons. The maximum absolute atomic E-state index is 6.05. The summed E-state index contributed by atoms with van der Waals surface area (Å²) >= 11 is 0. The molecule has 1 aliphatic rings. The largest absolute Gasteiger partial charge is 0.383 e. The highest BCUT2D eigenvalue weighted by atomic mass is 16.5. The van der Waals surface area contributed by atoms with Gasteiger partial charge in [-0.2, -0.15) is 0 Å². The molecule has 3 nitrogen and oxygen atoms in total. The summed E-state index contributed by atoms with van der Waals surface area (Å²) in [6, 6.07) is 0. The van der Waals surface area contributed by atoms with Crippen molar-refractivity contribution in [1.29, 1.82) is 0 Å². The van der Waals surface area contributed by atoms with Crippen LogP contribution in [0.1, 0.15) is 39.0 Å². The molecule has 1 fully saturated rings. The molecular weight excluding hydrogens is 200 g/mol. The Morgan fingerprint density at radius 2 is 2.25 bits per heavy atom. The Balaban J connectivity index is 2.60. The average molecular weight is 228 g/mol. The second-order valence-electron chi connectivity index (χ2n) is 5.21. The summed E-state index contributed by atoms with van der Waals surface area (Å²) in [6.07, 6.45) is 6.52. The molecule has 1 saturated carbocycles. The summed E-state index contributed by atoms with van der Waals surface area (Å²) in [4.78, 5) is 2.43. The van der Waals surface area contributed by atoms with Gasteiger partial charge in [0.2, 0.25) is 0 Å². The van der Waals surface area contributed by atoms with Crippen molar-refractivity contribution in [3.05, 3.63) is 0 Å². The van der Waals surface area contributed by atoms with E-state index in [1.807, 2.05) is 0 Å². The summed E-state index contributed by atoms with van der Waals surface area (Å²) < 4.78 is 5.16. The lowest BCUT2D eigenvalue weighted by molar-refractivity contribution is 0.0362. The average Bonchev–Trinajstić information content (AvgIpc) is 2.35. The van der Waals surface area contributed by atoms with Crippen LogP contribution in [0, 0.1) is 5.92 Å². The van der Waals surface area contributed by atoms with Gasteiger partial charge in [-0.05, 0) is 25.8 Å². The van der Waals surface area contributed by atoms with Gasteiger partial charge in [-0.3, -0.25) is 4.90 Å². The van der Waals surface area contributed by atoms with Crippen molar-refractivity contribution in [1.82, 2.24) is 4.90 Å². The first-order chi connectivity index (χ1) is 7.68. The monoisotopic (exact) mass is 228 g/mol. The van der Waals surface area contributed by atoms with Gasteiger partial charge in [0.05, 0.1) is 6.61 Å². The van der Waals surface area contributed by atoms with Gasteiger partial charge in [0, 0.05) is 25.7 Å². The van der Waals surface area contributed by atoms with Crippen LogP contribution in [-0.2, 0) is 4.74 Å². The van der Waals surface area contributed by atoms with Crippen molar-refractivity contribution in [2.75, 3.05) is 33.9 Å². The van der Waals surface area contributed by atoms with Crippen LogP contribution in [0.5, 0.6) is 0 Å². The van der Waals surface area contributed by atoms with Gasteiger partial charge in [0.1, 0.15) is 0 Å². The van der Waals surface area contributed by atoms with E-state index >= 15 is 0 Å². The van der Waals surface area contributed by atoms with Crippen LogP contribution in [-0.4, -0.2) is 44.3 Å². The zero-order valence-electron chi connectivity index (χ0n) is 11.2. The van der Waals surface area contributed by atoms with Crippen LogP contribution in [0.4, 0.5) is 0 Å². The first-order valence-corrected chi connectivity index (χ1v) is 6.58. The lowest BCUT2D eigenvalue weighted by Gasteiger charge is -2.46. The second-order valence-corrected chi connectivity index (χ2v) is 5.21. The predicted octanol–water partition coefficient (Wildman–Crippen LogP) is 1.86. The summed E-state index contributed by atoms with van der Waals surface area (Å²) in [5.74, 6) is 0.863. The summed E-state index contributed by atoms with van der Waals surface area (Å²) in [5, 5.41) is 0. The fraction of sp³-hybridized carbons (Fsp3) is 1.00. The van der Waals surface area contributed by atoms with E-state index in [2.05, 4.69) is 18.9 Å². The van der Waals surface area contributed by atoms with Gasteiger partial charge in [-0.15, -0.1) is 0 Å². The molecule has 0 amide bonds. The molecule has 2 atom stereocenters. The molecule has 3 heteroatoms. The number of nitrogens with zero attached hydrogens (tertiary/aromatic N) is 1. The van der Waals surface area contributed by atoms with Crippen LogP contribution < -0.4 is 5.73 Å². The zero-order chi connectivity index (χ0) is 12.0. The maximum atomic E-state index is 6.05. The summed E-state index contributed by atoms with van der Waals surface area (Å²) in [5.41, 5.74) is 6.28. The smallest absolute Gasteiger partial charge is 0.0589 e. The first kappa shape index (κ1) is 13.9. The number of likely N-dealkylation sites (N-methyl/N-ethyl adjacent to an activating group) is 1. The molecule has 2 N–H and O–H groups in total. The molecule has 0 aliphatic heterocycles. The molecule has 0 saturated heterocycles. The molecule has 1 aliphatic carbocycles. The van der Waals surface area contributed by atoms with Crippen LogP contribution in [0.25, 0.3) is 0 Å². The van der Waals surface area contributed by atoms with Gasteiger partial charge < -0.3 is 10.5 Å². The van der Waals surface area contributed by atoms with E-state index in [1.165, 1.54) is 32.1 Å². The third kappa shape index (κ3) is 3.19. The normalized spacial score (nSPS) is 30.9. The number of hydrogen-bond acceptors (Lipinski definition) is 3. The Bertz CT molecular complexity index is 198. The Labute approximate surface area is 100 Å². The van der Waals surface area contributed by atoms with E-state index in [9.17, 15) is 0 Å². The summed E-state index contributed by atoms with van der Waals surface area (Å²) in [7, 11) is 3.96. The Kier molecular flexibility index (Phi) is 5.73. The molecule has 0 aromatic heterocycles. The maximum Gasteiger partial charge on any atom is 0.0589 e. The van der Waals surface area contributed by atoms with Crippen molar-refractivity contribution in [2.45, 2.75) is 44.6 Å². The first-order valence-electron chi connectivity index (χ1n) is 6.58. The zero-order valence-corrected chi connectivity index (χ0v) is 11.2. The third-order valence-electron chi connectivity index (χ3n) is 4.32. The molecule has 16 heavy (non-hydrogen) atoms. The van der Waals surface area contributed by atoms with Crippen LogP contribution in [0.3, 0.4) is 0 Å². The van der Waals surface area contributed by atoms with Crippen LogP contribution in [0.2, 0.25) is 0 Å². The number of methoxy groups -OCH3 is 1. The topological polar surface area (TPSA) is 38.5 Å². The number of nitrogens with two attached hydrogens (primary N) is 1. The second kappa shape index (κ2) is 6.58. The molecule has 0 aromatic carbocycles. The molecular formula is C13H28N2O. The third-order valence-corrected chi connectivity index (χ3v) is 4.32. The highest BCUT2D eigenvalue weighted by molar-refractivity contribution is 4.95.